The molecular formula is C17H25N2O2+. The molecule has 114 valence electrons. The van der Waals surface area contributed by atoms with Gasteiger partial charge in [-0.2, -0.15) is 0 Å². The van der Waals surface area contributed by atoms with Gasteiger partial charge in [-0.05, 0) is 25.5 Å². The van der Waals surface area contributed by atoms with Gasteiger partial charge in [-0.15, -0.1) is 0 Å². The summed E-state index contributed by atoms with van der Waals surface area (Å²) in [4.78, 5) is 24.9. The van der Waals surface area contributed by atoms with Crippen molar-refractivity contribution in [1.29, 1.82) is 0 Å². The Morgan fingerprint density at radius 1 is 1.24 bits per heavy atom. The number of amides is 1. The van der Waals surface area contributed by atoms with Crippen LogP contribution in [0.1, 0.15) is 37.6 Å². The molecule has 2 N–H and O–H groups in total. The second kappa shape index (κ2) is 6.85. The first-order valence-corrected chi connectivity index (χ1v) is 7.68. The summed E-state index contributed by atoms with van der Waals surface area (Å²) in [6, 6.07) is 7.11. The molecular weight excluding hydrogens is 264 g/mol. The van der Waals surface area contributed by atoms with Gasteiger partial charge in [0, 0.05) is 23.1 Å². The number of hydrogen-bond donors (Lipinski definition) is 2. The highest BCUT2D eigenvalue weighted by atomic mass is 16.2. The number of carbonyl (C=O) groups excluding carboxylic acids is 2. The predicted molar refractivity (Wildman–Crippen MR) is 83.6 cm³/mol. The summed E-state index contributed by atoms with van der Waals surface area (Å²) in [7, 11) is 0. The highest BCUT2D eigenvalue weighted by molar-refractivity contribution is 5.97. The number of carbonyl (C=O) groups is 2. The maximum Gasteiger partial charge on any atom is 0.279 e. The Morgan fingerprint density at radius 3 is 2.52 bits per heavy atom. The number of quaternary nitrogens is 1. The van der Waals surface area contributed by atoms with Gasteiger partial charge in [0.15, 0.2) is 12.3 Å². The van der Waals surface area contributed by atoms with E-state index in [0.29, 0.717) is 29.6 Å². The molecule has 1 aliphatic heterocycles. The van der Waals surface area contributed by atoms with E-state index in [1.54, 1.807) is 18.2 Å². The summed E-state index contributed by atoms with van der Waals surface area (Å²) in [5.41, 5.74) is 1.32. The van der Waals surface area contributed by atoms with Crippen LogP contribution in [0.25, 0.3) is 0 Å². The highest BCUT2D eigenvalue weighted by Crippen LogP contribution is 2.12. The Kier molecular flexibility index (Phi) is 5.12. The molecule has 1 amide bonds. The minimum Gasteiger partial charge on any atom is -0.327 e. The van der Waals surface area contributed by atoms with Crippen LogP contribution < -0.4 is 10.2 Å². The second-order valence-corrected chi connectivity index (χ2v) is 6.47. The lowest BCUT2D eigenvalue weighted by Crippen LogP contribution is -3.15. The van der Waals surface area contributed by atoms with Gasteiger partial charge < -0.3 is 10.2 Å². The SMILES string of the molecule is CC(=O)c1cccc(NC(=O)C[NH+]2C[C@H](C)C[C@H](C)C2)c1. The van der Waals surface area contributed by atoms with Crippen molar-refractivity contribution in [3.63, 3.8) is 0 Å². The Morgan fingerprint density at radius 2 is 1.90 bits per heavy atom. The van der Waals surface area contributed by atoms with E-state index in [4.69, 9.17) is 0 Å². The quantitative estimate of drug-likeness (QED) is 0.823. The van der Waals surface area contributed by atoms with E-state index in [0.717, 1.165) is 13.1 Å². The number of anilines is 1. The summed E-state index contributed by atoms with van der Waals surface area (Å²) in [5, 5.41) is 2.90. The number of rotatable bonds is 4. The molecule has 1 heterocycles. The highest BCUT2D eigenvalue weighted by Gasteiger charge is 2.26. The van der Waals surface area contributed by atoms with E-state index in [-0.39, 0.29) is 11.7 Å². The molecule has 0 saturated carbocycles. The third-order valence-corrected chi connectivity index (χ3v) is 4.04. The molecule has 2 rings (SSSR count). The summed E-state index contributed by atoms with van der Waals surface area (Å²) in [6.07, 6.45) is 1.26. The van der Waals surface area contributed by atoms with E-state index in [1.807, 2.05) is 6.07 Å². The number of benzene rings is 1. The van der Waals surface area contributed by atoms with Gasteiger partial charge in [0.05, 0.1) is 13.1 Å². The van der Waals surface area contributed by atoms with Crippen molar-refractivity contribution < 1.29 is 14.5 Å². The maximum absolute atomic E-state index is 12.2. The summed E-state index contributed by atoms with van der Waals surface area (Å²) < 4.78 is 0. The molecule has 0 bridgehead atoms. The standard InChI is InChI=1S/C17H24N2O2/c1-12-7-13(2)10-19(9-12)11-17(21)18-16-6-4-5-15(8-16)14(3)20/h4-6,8,12-13H,7,9-11H2,1-3H3,(H,18,21)/p+1/t12-,13+. The summed E-state index contributed by atoms with van der Waals surface area (Å²) >= 11 is 0. The number of Topliss-reactive ketones (excluding diaryl/α,β-unsaturated/α-hetero) is 1. The number of likely N-dealkylation sites (tertiary alicyclic amines) is 1. The molecule has 1 unspecified atom stereocenters. The van der Waals surface area contributed by atoms with Crippen LogP contribution in [0.5, 0.6) is 0 Å². The molecule has 4 nitrogen and oxygen atoms in total. The van der Waals surface area contributed by atoms with E-state index in [2.05, 4.69) is 19.2 Å². The summed E-state index contributed by atoms with van der Waals surface area (Å²) in [6.45, 7) is 8.66. The zero-order chi connectivity index (χ0) is 15.4. The Bertz CT molecular complexity index is 517. The topological polar surface area (TPSA) is 50.6 Å². The molecule has 1 fully saturated rings. The van der Waals surface area contributed by atoms with Crippen molar-refractivity contribution in [2.24, 2.45) is 11.8 Å². The molecule has 0 aliphatic carbocycles. The first-order chi connectivity index (χ1) is 9.94. The molecule has 4 heteroatoms. The predicted octanol–water partition coefficient (Wildman–Crippen LogP) is 1.39. The average Bonchev–Trinajstić information content (AvgIpc) is 2.37. The Balaban J connectivity index is 1.92. The second-order valence-electron chi connectivity index (χ2n) is 6.47. The van der Waals surface area contributed by atoms with Gasteiger partial charge in [-0.3, -0.25) is 9.59 Å². The first-order valence-electron chi connectivity index (χ1n) is 7.68. The van der Waals surface area contributed by atoms with E-state index < -0.39 is 0 Å². The third-order valence-electron chi connectivity index (χ3n) is 4.04. The average molecular weight is 289 g/mol. The zero-order valence-corrected chi connectivity index (χ0v) is 13.1. The van der Waals surface area contributed by atoms with Crippen LogP contribution in [-0.4, -0.2) is 31.3 Å². The molecule has 3 atom stereocenters. The molecule has 1 aliphatic rings. The van der Waals surface area contributed by atoms with Crippen LogP contribution in [-0.2, 0) is 4.79 Å². The Labute approximate surface area is 126 Å². The fraction of sp³-hybridized carbons (Fsp3) is 0.529. The van der Waals surface area contributed by atoms with Crippen molar-refractivity contribution in [3.05, 3.63) is 29.8 Å². The fourth-order valence-corrected chi connectivity index (χ4v) is 3.32. The molecule has 21 heavy (non-hydrogen) atoms. The zero-order valence-electron chi connectivity index (χ0n) is 13.1. The van der Waals surface area contributed by atoms with Crippen LogP contribution >= 0.6 is 0 Å². The Hall–Kier alpha value is -1.68. The van der Waals surface area contributed by atoms with Crippen LogP contribution in [0, 0.1) is 11.8 Å². The number of hydrogen-bond acceptors (Lipinski definition) is 2. The monoisotopic (exact) mass is 289 g/mol. The van der Waals surface area contributed by atoms with Crippen molar-refractivity contribution in [1.82, 2.24) is 0 Å². The van der Waals surface area contributed by atoms with Crippen molar-refractivity contribution in [2.45, 2.75) is 27.2 Å². The third kappa shape index (κ3) is 4.67. The molecule has 1 aromatic rings. The van der Waals surface area contributed by atoms with E-state index >= 15 is 0 Å². The lowest BCUT2D eigenvalue weighted by atomic mass is 9.92. The van der Waals surface area contributed by atoms with Crippen LogP contribution in [0.4, 0.5) is 5.69 Å². The molecule has 1 saturated heterocycles. The van der Waals surface area contributed by atoms with E-state index in [9.17, 15) is 9.59 Å². The number of piperidine rings is 1. The van der Waals surface area contributed by atoms with E-state index in [1.165, 1.54) is 18.2 Å². The van der Waals surface area contributed by atoms with Crippen molar-refractivity contribution in [2.75, 3.05) is 25.0 Å². The van der Waals surface area contributed by atoms with Gasteiger partial charge in [0.25, 0.3) is 5.91 Å². The smallest absolute Gasteiger partial charge is 0.279 e. The van der Waals surface area contributed by atoms with Crippen molar-refractivity contribution >= 4 is 17.4 Å². The number of nitrogens with one attached hydrogen (secondary N) is 2. The van der Waals surface area contributed by atoms with Crippen LogP contribution in [0.3, 0.4) is 0 Å². The van der Waals surface area contributed by atoms with Gasteiger partial charge in [0.1, 0.15) is 0 Å². The van der Waals surface area contributed by atoms with Gasteiger partial charge >= 0.3 is 0 Å². The minimum absolute atomic E-state index is 0.00963. The van der Waals surface area contributed by atoms with Gasteiger partial charge in [-0.25, -0.2) is 0 Å². The lowest BCUT2D eigenvalue weighted by molar-refractivity contribution is -0.904. The van der Waals surface area contributed by atoms with Crippen molar-refractivity contribution in [3.8, 4) is 0 Å². The molecule has 0 aromatic heterocycles. The van der Waals surface area contributed by atoms with Gasteiger partial charge in [0.2, 0.25) is 0 Å². The molecule has 0 radical (unpaired) electrons. The van der Waals surface area contributed by atoms with Crippen LogP contribution in [0.15, 0.2) is 24.3 Å². The first kappa shape index (κ1) is 15.7. The maximum atomic E-state index is 12.2. The van der Waals surface area contributed by atoms with Gasteiger partial charge in [-0.1, -0.05) is 26.0 Å². The largest absolute Gasteiger partial charge is 0.327 e. The number of ketones is 1. The van der Waals surface area contributed by atoms with Crippen LogP contribution in [0.2, 0.25) is 0 Å². The molecule has 0 spiro atoms. The molecule has 1 aromatic carbocycles. The minimum atomic E-state index is 0.00963. The fourth-order valence-electron chi connectivity index (χ4n) is 3.32. The lowest BCUT2D eigenvalue weighted by Gasteiger charge is -2.31. The summed E-state index contributed by atoms with van der Waals surface area (Å²) in [5.74, 6) is 1.39. The normalized spacial score (nSPS) is 25.4.